The maximum atomic E-state index is 11.3. The molecule has 0 aromatic heterocycles. The lowest BCUT2D eigenvalue weighted by molar-refractivity contribution is -0.140. The molecule has 0 unspecified atom stereocenters. The molecule has 0 radical (unpaired) electrons. The number of hydrogen-bond acceptors (Lipinski definition) is 4. The van der Waals surface area contributed by atoms with Crippen LogP contribution in [0.15, 0.2) is 0 Å². The van der Waals surface area contributed by atoms with Crippen molar-refractivity contribution in [3.63, 3.8) is 0 Å². The van der Waals surface area contributed by atoms with E-state index in [2.05, 4.69) is 10.1 Å². The Balaban J connectivity index is 3.73. The monoisotopic (exact) mass is 245 g/mol. The Morgan fingerprint density at radius 1 is 1.29 bits per heavy atom. The molecule has 0 spiro atoms. The highest BCUT2D eigenvalue weighted by atomic mass is 16.6. The number of methoxy groups -OCH3 is 1. The highest BCUT2D eigenvalue weighted by Gasteiger charge is 2.16. The summed E-state index contributed by atoms with van der Waals surface area (Å²) in [7, 11) is 1.37. The Labute approximate surface area is 103 Å². The maximum Gasteiger partial charge on any atom is 0.407 e. The molecule has 0 fully saturated rings. The van der Waals surface area contributed by atoms with Gasteiger partial charge in [0.15, 0.2) is 0 Å². The van der Waals surface area contributed by atoms with Gasteiger partial charge in [-0.25, -0.2) is 4.79 Å². The van der Waals surface area contributed by atoms with Crippen molar-refractivity contribution in [2.45, 2.75) is 46.1 Å². The molecule has 17 heavy (non-hydrogen) atoms. The largest absolute Gasteiger partial charge is 0.469 e. The van der Waals surface area contributed by atoms with Crippen LogP contribution in [0, 0.1) is 5.92 Å². The van der Waals surface area contributed by atoms with Crippen LogP contribution in [0.5, 0.6) is 0 Å². The molecule has 0 aliphatic heterocycles. The minimum atomic E-state index is -0.487. The van der Waals surface area contributed by atoms with Crippen LogP contribution < -0.4 is 5.32 Å². The zero-order valence-electron chi connectivity index (χ0n) is 11.3. The number of carbonyl (C=O) groups is 2. The van der Waals surface area contributed by atoms with Gasteiger partial charge < -0.3 is 14.8 Å². The smallest absolute Gasteiger partial charge is 0.407 e. The van der Waals surface area contributed by atoms with Crippen molar-refractivity contribution in [2.75, 3.05) is 13.7 Å². The number of rotatable bonds is 5. The Morgan fingerprint density at radius 2 is 1.88 bits per heavy atom. The Morgan fingerprint density at radius 3 is 2.35 bits per heavy atom. The number of nitrogens with one attached hydrogen (secondary N) is 1. The molecule has 0 aromatic rings. The summed E-state index contributed by atoms with van der Waals surface area (Å²) in [5.41, 5.74) is -0.487. The third-order valence-electron chi connectivity index (χ3n) is 2.06. The molecule has 5 heteroatoms. The van der Waals surface area contributed by atoms with Crippen molar-refractivity contribution in [1.82, 2.24) is 5.32 Å². The normalized spacial score (nSPS) is 12.8. The first-order valence-corrected chi connectivity index (χ1v) is 5.78. The summed E-state index contributed by atoms with van der Waals surface area (Å²) in [6.07, 6.45) is 0.623. The van der Waals surface area contributed by atoms with Gasteiger partial charge in [0.1, 0.15) is 5.60 Å². The molecular formula is C12H23NO4. The van der Waals surface area contributed by atoms with Crippen LogP contribution in [0.4, 0.5) is 4.79 Å². The van der Waals surface area contributed by atoms with E-state index in [9.17, 15) is 9.59 Å². The third-order valence-corrected chi connectivity index (χ3v) is 2.06. The minimum Gasteiger partial charge on any atom is -0.469 e. The van der Waals surface area contributed by atoms with Gasteiger partial charge in [0, 0.05) is 13.0 Å². The summed E-state index contributed by atoms with van der Waals surface area (Å²) in [5.74, 6) is -0.0178. The molecular weight excluding hydrogens is 222 g/mol. The molecule has 0 saturated carbocycles. The average Bonchev–Trinajstić information content (AvgIpc) is 2.20. The van der Waals surface area contributed by atoms with Gasteiger partial charge >= 0.3 is 12.1 Å². The van der Waals surface area contributed by atoms with E-state index in [0.717, 1.165) is 0 Å². The molecule has 5 nitrogen and oxygen atoms in total. The van der Waals surface area contributed by atoms with E-state index in [1.807, 2.05) is 27.7 Å². The molecule has 1 amide bonds. The molecule has 0 aliphatic rings. The van der Waals surface area contributed by atoms with Crippen LogP contribution in [-0.4, -0.2) is 31.3 Å². The van der Waals surface area contributed by atoms with E-state index in [0.29, 0.717) is 19.4 Å². The van der Waals surface area contributed by atoms with Gasteiger partial charge in [-0.3, -0.25) is 4.79 Å². The van der Waals surface area contributed by atoms with Crippen molar-refractivity contribution in [3.8, 4) is 0 Å². The lowest BCUT2D eigenvalue weighted by atomic mass is 10.1. The summed E-state index contributed by atoms with van der Waals surface area (Å²) >= 11 is 0. The first-order chi connectivity index (χ1) is 7.74. The van der Waals surface area contributed by atoms with Crippen LogP contribution >= 0.6 is 0 Å². The van der Waals surface area contributed by atoms with Gasteiger partial charge in [-0.2, -0.15) is 0 Å². The lowest BCUT2D eigenvalue weighted by Crippen LogP contribution is -2.34. The second-order valence-corrected chi connectivity index (χ2v) is 5.10. The fourth-order valence-corrected chi connectivity index (χ4v) is 1.14. The van der Waals surface area contributed by atoms with E-state index >= 15 is 0 Å². The summed E-state index contributed by atoms with van der Waals surface area (Å²) in [6.45, 7) is 7.89. The molecule has 1 atom stereocenters. The van der Waals surface area contributed by atoms with E-state index in [1.165, 1.54) is 7.11 Å². The summed E-state index contributed by atoms with van der Waals surface area (Å²) < 4.78 is 9.63. The average molecular weight is 245 g/mol. The fraction of sp³-hybridized carbons (Fsp3) is 0.833. The zero-order chi connectivity index (χ0) is 13.5. The second-order valence-electron chi connectivity index (χ2n) is 5.10. The third kappa shape index (κ3) is 9.66. The minimum absolute atomic E-state index is 0.210. The zero-order valence-corrected chi connectivity index (χ0v) is 11.3. The summed E-state index contributed by atoms with van der Waals surface area (Å²) in [4.78, 5) is 22.2. The van der Waals surface area contributed by atoms with E-state index in [1.54, 1.807) is 0 Å². The van der Waals surface area contributed by atoms with E-state index < -0.39 is 11.7 Å². The van der Waals surface area contributed by atoms with E-state index in [4.69, 9.17) is 4.74 Å². The Kier molecular flexibility index (Phi) is 6.61. The van der Waals surface area contributed by atoms with Crippen LogP contribution in [0.2, 0.25) is 0 Å². The maximum absolute atomic E-state index is 11.3. The number of alkyl carbamates (subject to hydrolysis) is 1. The van der Waals surface area contributed by atoms with Gasteiger partial charge in [-0.15, -0.1) is 0 Å². The molecule has 0 heterocycles. The second kappa shape index (κ2) is 7.14. The number of ether oxygens (including phenoxy) is 2. The van der Waals surface area contributed by atoms with Crippen LogP contribution in [0.3, 0.4) is 0 Å². The van der Waals surface area contributed by atoms with Crippen molar-refractivity contribution < 1.29 is 19.1 Å². The van der Waals surface area contributed by atoms with Crippen molar-refractivity contribution in [1.29, 1.82) is 0 Å². The topological polar surface area (TPSA) is 64.6 Å². The summed E-state index contributed by atoms with van der Waals surface area (Å²) in [5, 5.41) is 2.67. The van der Waals surface area contributed by atoms with Crippen LogP contribution in [0.25, 0.3) is 0 Å². The molecule has 100 valence electrons. The van der Waals surface area contributed by atoms with Gasteiger partial charge in [0.2, 0.25) is 0 Å². The lowest BCUT2D eigenvalue weighted by Gasteiger charge is -2.20. The number of esters is 1. The van der Waals surface area contributed by atoms with Crippen molar-refractivity contribution in [3.05, 3.63) is 0 Å². The number of hydrogen-bond donors (Lipinski definition) is 1. The van der Waals surface area contributed by atoms with Gasteiger partial charge in [-0.1, -0.05) is 6.92 Å². The van der Waals surface area contributed by atoms with Crippen LogP contribution in [-0.2, 0) is 14.3 Å². The van der Waals surface area contributed by atoms with Crippen LogP contribution in [0.1, 0.15) is 40.5 Å². The fourth-order valence-electron chi connectivity index (χ4n) is 1.14. The SMILES string of the molecule is COC(=O)CC[C@@H](C)CNC(=O)OC(C)(C)C. The van der Waals surface area contributed by atoms with E-state index in [-0.39, 0.29) is 11.9 Å². The quantitative estimate of drug-likeness (QED) is 0.753. The number of amides is 1. The molecule has 1 N–H and O–H groups in total. The predicted octanol–water partition coefficient (Wildman–Crippen LogP) is 2.10. The standard InChI is InChI=1S/C12H23NO4/c1-9(6-7-10(14)16-5)8-13-11(15)17-12(2,3)4/h9H,6-8H2,1-5H3,(H,13,15)/t9-/m1/s1. The van der Waals surface area contributed by atoms with Gasteiger partial charge in [0.25, 0.3) is 0 Å². The summed E-state index contributed by atoms with van der Waals surface area (Å²) in [6, 6.07) is 0. The van der Waals surface area contributed by atoms with Gasteiger partial charge in [-0.05, 0) is 33.1 Å². The molecule has 0 aromatic carbocycles. The highest BCUT2D eigenvalue weighted by molar-refractivity contribution is 5.69. The molecule has 0 saturated heterocycles. The first kappa shape index (κ1) is 15.7. The Hall–Kier alpha value is -1.26. The Bertz CT molecular complexity index is 258. The van der Waals surface area contributed by atoms with Gasteiger partial charge in [0.05, 0.1) is 7.11 Å². The first-order valence-electron chi connectivity index (χ1n) is 5.78. The highest BCUT2D eigenvalue weighted by Crippen LogP contribution is 2.08. The predicted molar refractivity (Wildman–Crippen MR) is 64.7 cm³/mol. The van der Waals surface area contributed by atoms with Crippen molar-refractivity contribution in [2.24, 2.45) is 5.92 Å². The molecule has 0 bridgehead atoms. The molecule has 0 aliphatic carbocycles. The van der Waals surface area contributed by atoms with Crippen molar-refractivity contribution >= 4 is 12.1 Å². The number of carbonyl (C=O) groups excluding carboxylic acids is 2. The molecule has 0 rings (SSSR count).